The molecule has 0 radical (unpaired) electrons. The zero-order valence-corrected chi connectivity index (χ0v) is 11.6. The van der Waals surface area contributed by atoms with E-state index in [1.54, 1.807) is 21.3 Å². The monoisotopic (exact) mass is 232 g/mol. The zero-order chi connectivity index (χ0) is 11.7. The van der Waals surface area contributed by atoms with Crippen molar-refractivity contribution in [3.63, 3.8) is 0 Å². The molecule has 15 heavy (non-hydrogen) atoms. The molecule has 0 heterocycles. The highest BCUT2D eigenvalue weighted by Crippen LogP contribution is 2.21. The third kappa shape index (κ3) is 4.07. The molecule has 0 bridgehead atoms. The van der Waals surface area contributed by atoms with Crippen LogP contribution in [0.4, 0.5) is 0 Å². The van der Waals surface area contributed by atoms with Crippen LogP contribution in [0, 0.1) is 0 Å². The van der Waals surface area contributed by atoms with Crippen LogP contribution in [0.5, 0.6) is 0 Å². The van der Waals surface area contributed by atoms with Gasteiger partial charge in [0, 0.05) is 21.3 Å². The largest absolute Gasteiger partial charge is 0.531 e. The summed E-state index contributed by atoms with van der Waals surface area (Å²) in [6.45, 7) is 4.30. The van der Waals surface area contributed by atoms with Gasteiger partial charge < -0.3 is 13.3 Å². The number of unbranched alkanes of at least 4 members (excludes halogenated alkanes) is 2. The molecule has 0 aliphatic carbocycles. The first-order valence-corrected chi connectivity index (χ1v) is 7.28. The minimum Gasteiger partial charge on any atom is -0.374 e. The first-order chi connectivity index (χ1) is 7.20. The third-order valence-electron chi connectivity index (χ3n) is 2.53. The Morgan fingerprint density at radius 3 is 1.93 bits per heavy atom. The molecule has 0 saturated carbocycles. The van der Waals surface area contributed by atoms with Crippen molar-refractivity contribution in [2.75, 3.05) is 21.3 Å². The lowest BCUT2D eigenvalue weighted by Gasteiger charge is -2.26. The van der Waals surface area contributed by atoms with Gasteiger partial charge in [-0.2, -0.15) is 0 Å². The number of allylic oxidation sites excluding steroid dienone is 2. The maximum Gasteiger partial charge on any atom is 0.531 e. The summed E-state index contributed by atoms with van der Waals surface area (Å²) in [4.78, 5) is 0. The van der Waals surface area contributed by atoms with Gasteiger partial charge in [0.15, 0.2) is 0 Å². The molecule has 0 fully saturated rings. The maximum absolute atomic E-state index is 5.45. The van der Waals surface area contributed by atoms with Gasteiger partial charge in [-0.05, 0) is 18.0 Å². The van der Waals surface area contributed by atoms with Crippen molar-refractivity contribution in [3.05, 3.63) is 11.3 Å². The van der Waals surface area contributed by atoms with E-state index >= 15 is 0 Å². The van der Waals surface area contributed by atoms with Crippen LogP contribution in [0.15, 0.2) is 11.3 Å². The lowest BCUT2D eigenvalue weighted by molar-refractivity contribution is 0.133. The Bertz CT molecular complexity index is 180. The van der Waals surface area contributed by atoms with Crippen molar-refractivity contribution in [2.45, 2.75) is 39.5 Å². The van der Waals surface area contributed by atoms with Gasteiger partial charge in [-0.1, -0.05) is 32.8 Å². The van der Waals surface area contributed by atoms with Gasteiger partial charge in [-0.25, -0.2) is 0 Å². The smallest absolute Gasteiger partial charge is 0.374 e. The Kier molecular flexibility index (Phi) is 7.96. The van der Waals surface area contributed by atoms with Crippen molar-refractivity contribution in [3.8, 4) is 0 Å². The molecule has 0 amide bonds. The molecule has 90 valence electrons. The zero-order valence-electron chi connectivity index (χ0n) is 10.6. The molecule has 0 aromatic heterocycles. The van der Waals surface area contributed by atoms with Gasteiger partial charge in [0.05, 0.1) is 0 Å². The predicted octanol–water partition coefficient (Wildman–Crippen LogP) is 2.93. The molecular formula is C11H24O3Si. The fourth-order valence-electron chi connectivity index (χ4n) is 1.61. The Hall–Kier alpha value is -0.163. The Balaban J connectivity index is 4.65. The molecule has 0 atom stereocenters. The summed E-state index contributed by atoms with van der Waals surface area (Å²) in [7, 11) is 2.43. The maximum atomic E-state index is 5.45. The molecule has 0 aliphatic rings. The van der Waals surface area contributed by atoms with Crippen molar-refractivity contribution in [1.29, 1.82) is 0 Å². The lowest BCUT2D eigenvalue weighted by atomic mass is 10.2. The molecule has 3 nitrogen and oxygen atoms in total. The summed E-state index contributed by atoms with van der Waals surface area (Å²) in [5, 5.41) is 1.18. The van der Waals surface area contributed by atoms with Crippen LogP contribution in [0.1, 0.15) is 39.5 Å². The molecule has 0 aromatic carbocycles. The minimum atomic E-state index is -2.54. The lowest BCUT2D eigenvalue weighted by Crippen LogP contribution is -2.45. The van der Waals surface area contributed by atoms with Crippen LogP contribution in [-0.2, 0) is 13.3 Å². The topological polar surface area (TPSA) is 27.7 Å². The van der Waals surface area contributed by atoms with E-state index in [4.69, 9.17) is 13.3 Å². The number of hydrogen-bond donors (Lipinski definition) is 0. The van der Waals surface area contributed by atoms with Crippen LogP contribution >= 0.6 is 0 Å². The molecule has 0 rings (SSSR count). The molecule has 0 aromatic rings. The van der Waals surface area contributed by atoms with E-state index in [9.17, 15) is 0 Å². The molecule has 0 saturated heterocycles. The Morgan fingerprint density at radius 1 is 1.07 bits per heavy atom. The summed E-state index contributed by atoms with van der Waals surface area (Å²) in [5.74, 6) is 0. The first kappa shape index (κ1) is 14.8. The van der Waals surface area contributed by atoms with E-state index < -0.39 is 8.80 Å². The van der Waals surface area contributed by atoms with E-state index in [0.29, 0.717) is 0 Å². The van der Waals surface area contributed by atoms with Crippen LogP contribution < -0.4 is 0 Å². The van der Waals surface area contributed by atoms with Crippen molar-refractivity contribution in [2.24, 2.45) is 0 Å². The molecule has 4 heteroatoms. The average molecular weight is 232 g/mol. The molecule has 0 N–H and O–H groups in total. The molecule has 0 aliphatic heterocycles. The second-order valence-corrected chi connectivity index (χ2v) is 6.37. The Labute approximate surface area is 94.8 Å². The highest BCUT2D eigenvalue weighted by molar-refractivity contribution is 6.68. The average Bonchev–Trinajstić information content (AvgIpc) is 2.29. The van der Waals surface area contributed by atoms with Crippen LogP contribution in [0.25, 0.3) is 0 Å². The summed E-state index contributed by atoms with van der Waals surface area (Å²) in [6, 6.07) is 0. The third-order valence-corrected chi connectivity index (χ3v) is 5.49. The quantitative estimate of drug-likeness (QED) is 0.476. The highest BCUT2D eigenvalue weighted by atomic mass is 28.4. The standard InChI is InChI=1S/C11H24O3Si/c1-6-8-9-10-11(7-2)15(12-3,13-4)14-5/h10H,6-9H2,1-5H3. The number of hydrogen-bond acceptors (Lipinski definition) is 3. The van der Waals surface area contributed by atoms with E-state index in [1.165, 1.54) is 18.0 Å². The first-order valence-electron chi connectivity index (χ1n) is 5.55. The fourth-order valence-corrected chi connectivity index (χ4v) is 3.72. The van der Waals surface area contributed by atoms with Gasteiger partial charge in [0.1, 0.15) is 0 Å². The number of rotatable bonds is 8. The van der Waals surface area contributed by atoms with Gasteiger partial charge >= 0.3 is 8.80 Å². The molecule has 0 unspecified atom stereocenters. The van der Waals surface area contributed by atoms with Gasteiger partial charge in [-0.15, -0.1) is 0 Å². The SMILES string of the molecule is CCCCC=C(CC)[Si](OC)(OC)OC. The van der Waals surface area contributed by atoms with Crippen LogP contribution in [-0.4, -0.2) is 30.1 Å². The predicted molar refractivity (Wildman–Crippen MR) is 64.7 cm³/mol. The summed E-state index contributed by atoms with van der Waals surface area (Å²) in [6.07, 6.45) is 6.61. The van der Waals surface area contributed by atoms with Crippen LogP contribution in [0.3, 0.4) is 0 Å². The molecular weight excluding hydrogens is 208 g/mol. The summed E-state index contributed by atoms with van der Waals surface area (Å²) >= 11 is 0. The van der Waals surface area contributed by atoms with E-state index in [2.05, 4.69) is 19.9 Å². The summed E-state index contributed by atoms with van der Waals surface area (Å²) < 4.78 is 16.3. The highest BCUT2D eigenvalue weighted by Gasteiger charge is 2.41. The normalized spacial score (nSPS) is 13.3. The van der Waals surface area contributed by atoms with Crippen molar-refractivity contribution in [1.82, 2.24) is 0 Å². The second kappa shape index (κ2) is 8.04. The Morgan fingerprint density at radius 2 is 1.60 bits per heavy atom. The van der Waals surface area contributed by atoms with E-state index in [-0.39, 0.29) is 0 Å². The van der Waals surface area contributed by atoms with Crippen molar-refractivity contribution < 1.29 is 13.3 Å². The second-order valence-electron chi connectivity index (χ2n) is 3.39. The fraction of sp³-hybridized carbons (Fsp3) is 0.818. The van der Waals surface area contributed by atoms with Crippen LogP contribution in [0.2, 0.25) is 0 Å². The minimum absolute atomic E-state index is 0.922. The van der Waals surface area contributed by atoms with E-state index in [0.717, 1.165) is 12.8 Å². The summed E-state index contributed by atoms with van der Waals surface area (Å²) in [5.41, 5.74) is 0. The van der Waals surface area contributed by atoms with Gasteiger partial charge in [0.25, 0.3) is 0 Å². The van der Waals surface area contributed by atoms with Gasteiger partial charge in [0.2, 0.25) is 0 Å². The van der Waals surface area contributed by atoms with Crippen molar-refractivity contribution >= 4 is 8.80 Å². The molecule has 0 spiro atoms. The van der Waals surface area contributed by atoms with Gasteiger partial charge in [-0.3, -0.25) is 0 Å². The van der Waals surface area contributed by atoms with E-state index in [1.807, 2.05) is 0 Å².